The zero-order valence-electron chi connectivity index (χ0n) is 10.8. The van der Waals surface area contributed by atoms with E-state index in [0.717, 1.165) is 0 Å². The molecule has 1 atom stereocenters. The summed E-state index contributed by atoms with van der Waals surface area (Å²) in [4.78, 5) is 23.2. The van der Waals surface area contributed by atoms with Gasteiger partial charge in [0, 0.05) is 16.6 Å². The highest BCUT2D eigenvalue weighted by Gasteiger charge is 2.30. The lowest BCUT2D eigenvalue weighted by Crippen LogP contribution is -2.23. The van der Waals surface area contributed by atoms with Crippen LogP contribution in [0.4, 0.5) is 0 Å². The fourth-order valence-corrected chi connectivity index (χ4v) is 2.35. The number of hydrogen-bond acceptors (Lipinski definition) is 2. The first-order chi connectivity index (χ1) is 9.00. The maximum absolute atomic E-state index is 12.3. The van der Waals surface area contributed by atoms with Gasteiger partial charge in [0.05, 0.1) is 6.42 Å². The van der Waals surface area contributed by atoms with Gasteiger partial charge in [0.25, 0.3) is 0 Å². The van der Waals surface area contributed by atoms with Crippen molar-refractivity contribution in [3.8, 4) is 0 Å². The van der Waals surface area contributed by atoms with Gasteiger partial charge in [-0.05, 0) is 6.42 Å². The van der Waals surface area contributed by atoms with E-state index in [2.05, 4.69) is 0 Å². The van der Waals surface area contributed by atoms with Crippen LogP contribution in [-0.4, -0.2) is 16.9 Å². The van der Waals surface area contributed by atoms with Gasteiger partial charge in [0.2, 0.25) is 0 Å². The topological polar surface area (TPSA) is 54.4 Å². The Morgan fingerprint density at radius 2 is 1.95 bits per heavy atom. The average Bonchev–Trinajstić information content (AvgIpc) is 2.37. The molecule has 3 nitrogen and oxygen atoms in total. The molecule has 1 aliphatic carbocycles. The van der Waals surface area contributed by atoms with E-state index >= 15 is 0 Å². The van der Waals surface area contributed by atoms with Gasteiger partial charge in [-0.25, -0.2) is 0 Å². The number of carboxylic acids is 1. The summed E-state index contributed by atoms with van der Waals surface area (Å²) < 4.78 is 0. The third-order valence-corrected chi connectivity index (χ3v) is 3.27. The number of hydrogen-bond donors (Lipinski definition) is 1. The number of carbonyl (C=O) groups excluding carboxylic acids is 1. The van der Waals surface area contributed by atoms with Crippen LogP contribution in [0, 0.1) is 5.41 Å². The largest absolute Gasteiger partial charge is 0.481 e. The van der Waals surface area contributed by atoms with Gasteiger partial charge in [-0.1, -0.05) is 55.5 Å². The maximum Gasteiger partial charge on any atom is 0.304 e. The Labute approximate surface area is 112 Å². The second-order valence-corrected chi connectivity index (χ2v) is 5.15. The van der Waals surface area contributed by atoms with Crippen molar-refractivity contribution in [1.29, 1.82) is 0 Å². The molecule has 98 valence electrons. The summed E-state index contributed by atoms with van der Waals surface area (Å²) in [6.07, 6.45) is 5.91. The minimum atomic E-state index is -0.847. The second kappa shape index (κ2) is 5.22. The SMILES string of the molecule is CC1(CC(=O)O)C=CC=C(C(=O)c2ccccc2)C1. The number of carboxylic acid groups (broad SMARTS) is 1. The normalized spacial score (nSPS) is 21.8. The lowest BCUT2D eigenvalue weighted by Gasteiger charge is -2.27. The number of carbonyl (C=O) groups is 2. The molecule has 2 rings (SSSR count). The molecule has 1 aliphatic rings. The molecule has 0 radical (unpaired) electrons. The van der Waals surface area contributed by atoms with E-state index in [0.29, 0.717) is 17.6 Å². The second-order valence-electron chi connectivity index (χ2n) is 5.15. The van der Waals surface area contributed by atoms with Crippen LogP contribution in [0.25, 0.3) is 0 Å². The van der Waals surface area contributed by atoms with E-state index in [1.165, 1.54) is 0 Å². The van der Waals surface area contributed by atoms with E-state index in [4.69, 9.17) is 5.11 Å². The Hall–Kier alpha value is -2.16. The van der Waals surface area contributed by atoms with Gasteiger partial charge in [-0.3, -0.25) is 9.59 Å². The highest BCUT2D eigenvalue weighted by Crippen LogP contribution is 2.35. The molecular formula is C16H16O3. The summed E-state index contributed by atoms with van der Waals surface area (Å²) in [6, 6.07) is 9.05. The molecule has 0 spiro atoms. The van der Waals surface area contributed by atoms with Gasteiger partial charge in [-0.15, -0.1) is 0 Å². The van der Waals surface area contributed by atoms with E-state index in [1.54, 1.807) is 24.3 Å². The number of Topliss-reactive ketones (excluding diaryl/α,β-unsaturated/α-hetero) is 1. The van der Waals surface area contributed by atoms with E-state index in [1.807, 2.05) is 31.2 Å². The summed E-state index contributed by atoms with van der Waals surface area (Å²) in [7, 11) is 0. The number of aliphatic carboxylic acids is 1. The molecule has 0 amide bonds. The predicted octanol–water partition coefficient (Wildman–Crippen LogP) is 3.24. The number of rotatable bonds is 4. The first-order valence-corrected chi connectivity index (χ1v) is 6.20. The molecule has 0 aromatic heterocycles. The minimum Gasteiger partial charge on any atom is -0.481 e. The molecular weight excluding hydrogens is 240 g/mol. The Morgan fingerprint density at radius 3 is 2.58 bits per heavy atom. The molecule has 1 unspecified atom stereocenters. The molecule has 3 heteroatoms. The van der Waals surface area contributed by atoms with Gasteiger partial charge in [0.1, 0.15) is 0 Å². The van der Waals surface area contributed by atoms with Gasteiger partial charge in [0.15, 0.2) is 5.78 Å². The van der Waals surface area contributed by atoms with Crippen LogP contribution < -0.4 is 0 Å². The fraction of sp³-hybridized carbons (Fsp3) is 0.250. The van der Waals surface area contributed by atoms with Crippen molar-refractivity contribution >= 4 is 11.8 Å². The van der Waals surface area contributed by atoms with Crippen molar-refractivity contribution in [2.75, 3.05) is 0 Å². The van der Waals surface area contributed by atoms with Crippen molar-refractivity contribution in [2.45, 2.75) is 19.8 Å². The van der Waals surface area contributed by atoms with Crippen LogP contribution in [0.2, 0.25) is 0 Å². The molecule has 1 aromatic carbocycles. The summed E-state index contributed by atoms with van der Waals surface area (Å²) in [5, 5.41) is 8.93. The zero-order chi connectivity index (χ0) is 13.9. The van der Waals surface area contributed by atoms with Crippen LogP contribution in [0.5, 0.6) is 0 Å². The number of allylic oxidation sites excluding steroid dienone is 4. The van der Waals surface area contributed by atoms with E-state index in [-0.39, 0.29) is 12.2 Å². The van der Waals surface area contributed by atoms with Crippen LogP contribution in [0.3, 0.4) is 0 Å². The lowest BCUT2D eigenvalue weighted by molar-refractivity contribution is -0.138. The van der Waals surface area contributed by atoms with Crippen LogP contribution >= 0.6 is 0 Å². The van der Waals surface area contributed by atoms with E-state index in [9.17, 15) is 9.59 Å². The summed E-state index contributed by atoms with van der Waals surface area (Å²) in [5.41, 5.74) is 0.819. The lowest BCUT2D eigenvalue weighted by atomic mass is 9.76. The first kappa shape index (κ1) is 13.3. The van der Waals surface area contributed by atoms with Crippen molar-refractivity contribution in [3.05, 3.63) is 59.7 Å². The molecule has 1 N–H and O–H groups in total. The Bertz CT molecular complexity index is 555. The number of ketones is 1. The quantitative estimate of drug-likeness (QED) is 0.841. The minimum absolute atomic E-state index is 0.0263. The van der Waals surface area contributed by atoms with Gasteiger partial charge < -0.3 is 5.11 Å². The molecule has 1 aromatic rings. The standard InChI is InChI=1S/C16H16O3/c1-16(11-14(17)18)9-5-8-13(10-16)15(19)12-6-3-2-4-7-12/h2-9H,10-11H2,1H3,(H,17,18). The third-order valence-electron chi connectivity index (χ3n) is 3.27. The molecule has 0 bridgehead atoms. The summed E-state index contributed by atoms with van der Waals surface area (Å²) >= 11 is 0. The number of benzene rings is 1. The van der Waals surface area contributed by atoms with Crippen molar-refractivity contribution in [2.24, 2.45) is 5.41 Å². The molecule has 0 saturated carbocycles. The van der Waals surface area contributed by atoms with Gasteiger partial charge in [-0.2, -0.15) is 0 Å². The molecule has 0 fully saturated rings. The highest BCUT2D eigenvalue weighted by molar-refractivity contribution is 6.09. The Kier molecular flexibility index (Phi) is 3.65. The molecule has 19 heavy (non-hydrogen) atoms. The summed E-state index contributed by atoms with van der Waals surface area (Å²) in [6.45, 7) is 1.86. The average molecular weight is 256 g/mol. The van der Waals surface area contributed by atoms with Crippen LogP contribution in [-0.2, 0) is 4.79 Å². The fourth-order valence-electron chi connectivity index (χ4n) is 2.35. The van der Waals surface area contributed by atoms with Gasteiger partial charge >= 0.3 is 5.97 Å². The van der Waals surface area contributed by atoms with Crippen LogP contribution in [0.15, 0.2) is 54.1 Å². The monoisotopic (exact) mass is 256 g/mol. The van der Waals surface area contributed by atoms with Crippen molar-refractivity contribution in [1.82, 2.24) is 0 Å². The van der Waals surface area contributed by atoms with Crippen molar-refractivity contribution in [3.63, 3.8) is 0 Å². The Balaban J connectivity index is 2.19. The molecule has 0 saturated heterocycles. The molecule has 0 heterocycles. The zero-order valence-corrected chi connectivity index (χ0v) is 10.8. The third kappa shape index (κ3) is 3.19. The van der Waals surface area contributed by atoms with E-state index < -0.39 is 11.4 Å². The highest BCUT2D eigenvalue weighted by atomic mass is 16.4. The summed E-state index contributed by atoms with van der Waals surface area (Å²) in [5.74, 6) is -0.873. The first-order valence-electron chi connectivity index (χ1n) is 6.20. The predicted molar refractivity (Wildman–Crippen MR) is 73.0 cm³/mol. The maximum atomic E-state index is 12.3. The smallest absolute Gasteiger partial charge is 0.304 e. The van der Waals surface area contributed by atoms with Crippen molar-refractivity contribution < 1.29 is 14.7 Å². The van der Waals surface area contributed by atoms with Crippen LogP contribution in [0.1, 0.15) is 30.1 Å². The Morgan fingerprint density at radius 1 is 1.26 bits per heavy atom. The molecule has 0 aliphatic heterocycles.